The fourth-order valence-corrected chi connectivity index (χ4v) is 4.15. The molecule has 2 aliphatic rings. The lowest BCUT2D eigenvalue weighted by Crippen LogP contribution is -2.48. The van der Waals surface area contributed by atoms with Gasteiger partial charge in [0.25, 0.3) is 0 Å². The fraction of sp³-hybridized carbons (Fsp3) is 0.632. The Morgan fingerprint density at radius 1 is 1.19 bits per heavy atom. The number of nitrogens with zero attached hydrogens (tertiary/aromatic N) is 6. The van der Waals surface area contributed by atoms with Gasteiger partial charge in [-0.1, -0.05) is 30.7 Å². The van der Waals surface area contributed by atoms with E-state index in [1.807, 2.05) is 16.8 Å². The maximum atomic E-state index is 6.13. The van der Waals surface area contributed by atoms with Crippen LogP contribution in [-0.4, -0.2) is 75.4 Å². The molecule has 27 heavy (non-hydrogen) atoms. The van der Waals surface area contributed by atoms with Gasteiger partial charge in [-0.25, -0.2) is 4.68 Å². The van der Waals surface area contributed by atoms with Crippen molar-refractivity contribution < 1.29 is 4.74 Å². The summed E-state index contributed by atoms with van der Waals surface area (Å²) in [6.45, 7) is 8.97. The first-order valence-corrected chi connectivity index (χ1v) is 10.2. The number of rotatable bonds is 6. The van der Waals surface area contributed by atoms with E-state index in [0.29, 0.717) is 6.54 Å². The van der Waals surface area contributed by atoms with E-state index in [4.69, 9.17) is 16.3 Å². The third-order valence-electron chi connectivity index (χ3n) is 5.61. The van der Waals surface area contributed by atoms with Crippen LogP contribution in [0.2, 0.25) is 5.02 Å². The molecular formula is C19H27ClN6O. The highest BCUT2D eigenvalue weighted by Gasteiger charge is 2.31. The van der Waals surface area contributed by atoms with E-state index in [2.05, 4.69) is 44.4 Å². The Morgan fingerprint density at radius 3 is 2.63 bits per heavy atom. The molecule has 2 saturated heterocycles. The van der Waals surface area contributed by atoms with E-state index in [9.17, 15) is 0 Å². The molecule has 0 unspecified atom stereocenters. The van der Waals surface area contributed by atoms with Crippen molar-refractivity contribution in [3.63, 3.8) is 0 Å². The molecule has 0 spiro atoms. The Hall–Kier alpha value is -1.54. The summed E-state index contributed by atoms with van der Waals surface area (Å²) in [4.78, 5) is 4.96. The maximum absolute atomic E-state index is 6.13. The van der Waals surface area contributed by atoms with Crippen LogP contribution in [0.25, 0.3) is 0 Å². The zero-order chi connectivity index (χ0) is 18.6. The normalized spacial score (nSPS) is 23.0. The van der Waals surface area contributed by atoms with E-state index in [0.717, 1.165) is 63.0 Å². The molecule has 0 aliphatic carbocycles. The largest absolute Gasteiger partial charge is 0.376 e. The Balaban J connectivity index is 1.62. The summed E-state index contributed by atoms with van der Waals surface area (Å²) >= 11 is 6.13. The topological polar surface area (TPSA) is 59.3 Å². The molecule has 7 nitrogen and oxygen atoms in total. The molecule has 0 amide bonds. The lowest BCUT2D eigenvalue weighted by molar-refractivity contribution is 0.0861. The molecule has 8 heteroatoms. The summed E-state index contributed by atoms with van der Waals surface area (Å²) in [6.07, 6.45) is 2.39. The predicted octanol–water partition coefficient (Wildman–Crippen LogP) is 2.23. The average molecular weight is 391 g/mol. The van der Waals surface area contributed by atoms with Crippen molar-refractivity contribution >= 4 is 11.6 Å². The van der Waals surface area contributed by atoms with E-state index in [-0.39, 0.29) is 12.1 Å². The van der Waals surface area contributed by atoms with Gasteiger partial charge in [0.05, 0.1) is 18.7 Å². The summed E-state index contributed by atoms with van der Waals surface area (Å²) < 4.78 is 7.73. The summed E-state index contributed by atoms with van der Waals surface area (Å²) in [5.74, 6) is 0.887. The fourth-order valence-electron chi connectivity index (χ4n) is 4.02. The first-order chi connectivity index (χ1) is 13.2. The van der Waals surface area contributed by atoms with Gasteiger partial charge >= 0.3 is 0 Å². The molecule has 2 aliphatic heterocycles. The first-order valence-electron chi connectivity index (χ1n) is 9.84. The zero-order valence-electron chi connectivity index (χ0n) is 15.8. The highest BCUT2D eigenvalue weighted by atomic mass is 35.5. The van der Waals surface area contributed by atoms with E-state index in [1.165, 1.54) is 5.56 Å². The van der Waals surface area contributed by atoms with Crippen LogP contribution in [0.1, 0.15) is 37.2 Å². The van der Waals surface area contributed by atoms with E-state index < -0.39 is 0 Å². The second-order valence-electron chi connectivity index (χ2n) is 7.28. The molecule has 2 atom stereocenters. The number of piperazine rings is 1. The number of aromatic nitrogens is 4. The Bertz CT molecular complexity index is 722. The smallest absolute Gasteiger partial charge is 0.173 e. The molecule has 146 valence electrons. The van der Waals surface area contributed by atoms with Crippen LogP contribution in [0.5, 0.6) is 0 Å². The number of benzene rings is 1. The predicted molar refractivity (Wildman–Crippen MR) is 104 cm³/mol. The van der Waals surface area contributed by atoms with Gasteiger partial charge in [-0.2, -0.15) is 0 Å². The molecule has 0 saturated carbocycles. The van der Waals surface area contributed by atoms with E-state index >= 15 is 0 Å². The van der Waals surface area contributed by atoms with Crippen molar-refractivity contribution in [1.29, 1.82) is 0 Å². The third-order valence-corrected chi connectivity index (χ3v) is 5.86. The minimum atomic E-state index is 0.0256. The summed E-state index contributed by atoms with van der Waals surface area (Å²) in [5, 5.41) is 13.5. The molecule has 0 N–H and O–H groups in total. The molecule has 2 aromatic rings. The minimum absolute atomic E-state index is 0.0256. The summed E-state index contributed by atoms with van der Waals surface area (Å²) in [7, 11) is 0. The van der Waals surface area contributed by atoms with Crippen LogP contribution < -0.4 is 0 Å². The molecule has 0 radical (unpaired) electrons. The van der Waals surface area contributed by atoms with E-state index in [1.54, 1.807) is 0 Å². The van der Waals surface area contributed by atoms with Gasteiger partial charge in [0.15, 0.2) is 5.82 Å². The van der Waals surface area contributed by atoms with Gasteiger partial charge < -0.3 is 9.64 Å². The van der Waals surface area contributed by atoms with Crippen LogP contribution in [-0.2, 0) is 11.3 Å². The van der Waals surface area contributed by atoms with Crippen LogP contribution in [0.15, 0.2) is 24.3 Å². The second-order valence-corrected chi connectivity index (χ2v) is 7.71. The summed E-state index contributed by atoms with van der Waals surface area (Å²) in [5.41, 5.74) is 1.17. The molecule has 0 bridgehead atoms. The SMILES string of the molecule is CCN1CCN([C@H](c2ccc(Cl)cc2)c2nnnn2C[C@H]2CCCO2)CC1. The Morgan fingerprint density at radius 2 is 1.96 bits per heavy atom. The maximum Gasteiger partial charge on any atom is 0.173 e. The minimum Gasteiger partial charge on any atom is -0.376 e. The lowest BCUT2D eigenvalue weighted by Gasteiger charge is -2.38. The van der Waals surface area contributed by atoms with Gasteiger partial charge in [-0.05, 0) is 47.5 Å². The van der Waals surface area contributed by atoms with Crippen molar-refractivity contribution in [2.24, 2.45) is 0 Å². The van der Waals surface area contributed by atoms with Crippen molar-refractivity contribution in [2.75, 3.05) is 39.3 Å². The highest BCUT2D eigenvalue weighted by Crippen LogP contribution is 2.29. The van der Waals surface area contributed by atoms with Crippen LogP contribution in [0.4, 0.5) is 0 Å². The van der Waals surface area contributed by atoms with Crippen molar-refractivity contribution in [3.05, 3.63) is 40.7 Å². The molecule has 2 fully saturated rings. The molecular weight excluding hydrogens is 364 g/mol. The lowest BCUT2D eigenvalue weighted by atomic mass is 10.0. The van der Waals surface area contributed by atoms with Gasteiger partial charge in [-0.3, -0.25) is 4.90 Å². The number of hydrogen-bond acceptors (Lipinski definition) is 6. The second kappa shape index (κ2) is 8.65. The number of halogens is 1. The number of tetrazole rings is 1. The van der Waals surface area contributed by atoms with Gasteiger partial charge in [0.2, 0.25) is 0 Å². The highest BCUT2D eigenvalue weighted by molar-refractivity contribution is 6.30. The van der Waals surface area contributed by atoms with Gasteiger partial charge in [0, 0.05) is 37.8 Å². The Kier molecular flexibility index (Phi) is 6.02. The zero-order valence-corrected chi connectivity index (χ0v) is 16.6. The van der Waals surface area contributed by atoms with Crippen molar-refractivity contribution in [2.45, 2.75) is 38.5 Å². The number of hydrogen-bond donors (Lipinski definition) is 0. The molecule has 4 rings (SSSR count). The van der Waals surface area contributed by atoms with Gasteiger partial charge in [-0.15, -0.1) is 5.10 Å². The van der Waals surface area contributed by atoms with Gasteiger partial charge in [0.1, 0.15) is 0 Å². The van der Waals surface area contributed by atoms with Crippen molar-refractivity contribution in [3.8, 4) is 0 Å². The molecule has 3 heterocycles. The monoisotopic (exact) mass is 390 g/mol. The Labute approximate surface area is 165 Å². The molecule has 1 aromatic heterocycles. The van der Waals surface area contributed by atoms with Crippen LogP contribution >= 0.6 is 11.6 Å². The first kappa shape index (κ1) is 18.8. The number of likely N-dealkylation sites (N-methyl/N-ethyl adjacent to an activating group) is 1. The standard InChI is InChI=1S/C19H27ClN6O/c1-2-24-9-11-25(12-10-24)18(15-5-7-16(20)8-6-15)19-21-22-23-26(19)14-17-4-3-13-27-17/h5-8,17-18H,2-4,9-14H2,1H3/t17-,18-/m1/s1. The average Bonchev–Trinajstić information content (AvgIpc) is 3.37. The quantitative estimate of drug-likeness (QED) is 0.753. The summed E-state index contributed by atoms with van der Waals surface area (Å²) in [6, 6.07) is 8.09. The van der Waals surface area contributed by atoms with Crippen molar-refractivity contribution in [1.82, 2.24) is 30.0 Å². The van der Waals surface area contributed by atoms with Crippen LogP contribution in [0.3, 0.4) is 0 Å². The third kappa shape index (κ3) is 4.32. The number of ether oxygens (including phenoxy) is 1. The van der Waals surface area contributed by atoms with Crippen LogP contribution in [0, 0.1) is 0 Å². The molecule has 1 aromatic carbocycles.